The summed E-state index contributed by atoms with van der Waals surface area (Å²) >= 11 is 13.1. The molecule has 2 heterocycles. The normalized spacial score (nSPS) is 10.9. The summed E-state index contributed by atoms with van der Waals surface area (Å²) in [5.41, 5.74) is 9.66. The number of nitrogens with two attached hydrogens (primary N) is 1. The van der Waals surface area contributed by atoms with Crippen molar-refractivity contribution >= 4 is 51.7 Å². The quantitative estimate of drug-likeness (QED) is 0.466. The molecule has 0 unspecified atom stereocenters. The van der Waals surface area contributed by atoms with Gasteiger partial charge >= 0.3 is 0 Å². The average molecular weight is 419 g/mol. The van der Waals surface area contributed by atoms with E-state index in [1.54, 1.807) is 37.3 Å². The number of hydrogen-bond donors (Lipinski definition) is 2. The highest BCUT2D eigenvalue weighted by atomic mass is 35.5. The Morgan fingerprint density at radius 3 is 2.81 bits per heavy atom. The second kappa shape index (κ2) is 7.84. The van der Waals surface area contributed by atoms with Crippen molar-refractivity contribution in [2.24, 2.45) is 5.10 Å². The van der Waals surface area contributed by atoms with E-state index in [9.17, 15) is 4.79 Å². The van der Waals surface area contributed by atoms with E-state index in [0.717, 1.165) is 11.3 Å². The van der Waals surface area contributed by atoms with Crippen molar-refractivity contribution in [3.05, 3.63) is 62.1 Å². The first-order chi connectivity index (χ1) is 12.9. The molecule has 0 atom stereocenters. The number of benzene rings is 1. The monoisotopic (exact) mass is 418 g/mol. The van der Waals surface area contributed by atoms with E-state index in [0.29, 0.717) is 48.1 Å². The van der Waals surface area contributed by atoms with Gasteiger partial charge in [-0.3, -0.25) is 4.79 Å². The smallest absolute Gasteiger partial charge is 0.281 e. The maximum atomic E-state index is 12.2. The lowest BCUT2D eigenvalue weighted by atomic mass is 10.2. The predicted octanol–water partition coefficient (Wildman–Crippen LogP) is 4.84. The fourth-order valence-corrected chi connectivity index (χ4v) is 3.77. The van der Waals surface area contributed by atoms with Crippen molar-refractivity contribution in [1.82, 2.24) is 5.43 Å². The van der Waals surface area contributed by atoms with Crippen LogP contribution in [0, 0.1) is 18.3 Å². The van der Waals surface area contributed by atoms with Gasteiger partial charge in [-0.2, -0.15) is 10.4 Å². The summed E-state index contributed by atoms with van der Waals surface area (Å²) in [5.74, 6) is 0.524. The van der Waals surface area contributed by atoms with Gasteiger partial charge in [0, 0.05) is 10.6 Å². The lowest BCUT2D eigenvalue weighted by Crippen LogP contribution is -2.17. The molecule has 2 aromatic heterocycles. The number of nitrogens with zero attached hydrogens (tertiary/aromatic N) is 2. The van der Waals surface area contributed by atoms with Crippen LogP contribution in [0.3, 0.4) is 0 Å². The van der Waals surface area contributed by atoms with Crippen molar-refractivity contribution in [1.29, 1.82) is 5.26 Å². The van der Waals surface area contributed by atoms with Gasteiger partial charge in [0.15, 0.2) is 0 Å². The van der Waals surface area contributed by atoms with Crippen molar-refractivity contribution in [2.45, 2.75) is 6.92 Å². The van der Waals surface area contributed by atoms with Crippen LogP contribution in [0.4, 0.5) is 5.00 Å². The maximum Gasteiger partial charge on any atom is 0.281 e. The van der Waals surface area contributed by atoms with E-state index in [1.807, 2.05) is 6.07 Å². The van der Waals surface area contributed by atoms with Crippen LogP contribution in [0.1, 0.15) is 26.6 Å². The van der Waals surface area contributed by atoms with Crippen molar-refractivity contribution < 1.29 is 9.21 Å². The molecule has 0 aliphatic heterocycles. The maximum absolute atomic E-state index is 12.2. The molecule has 136 valence electrons. The van der Waals surface area contributed by atoms with Gasteiger partial charge < -0.3 is 10.2 Å². The van der Waals surface area contributed by atoms with Crippen LogP contribution >= 0.6 is 34.5 Å². The van der Waals surface area contributed by atoms with Crippen molar-refractivity contribution in [3.63, 3.8) is 0 Å². The largest absolute Gasteiger partial charge is 0.455 e. The number of thiophene rings is 1. The molecular formula is C18H12Cl2N4O2S. The van der Waals surface area contributed by atoms with Crippen LogP contribution in [0.15, 0.2) is 39.9 Å². The molecule has 0 aliphatic carbocycles. The summed E-state index contributed by atoms with van der Waals surface area (Å²) < 4.78 is 5.65. The average Bonchev–Trinajstić information content (AvgIpc) is 3.19. The number of hydrogen-bond acceptors (Lipinski definition) is 6. The number of carbonyl (C=O) groups excluding carboxylic acids is 1. The molecule has 9 heteroatoms. The van der Waals surface area contributed by atoms with E-state index in [4.69, 9.17) is 38.6 Å². The Kier molecular flexibility index (Phi) is 5.51. The molecular weight excluding hydrogens is 407 g/mol. The Morgan fingerprint density at radius 1 is 1.37 bits per heavy atom. The van der Waals surface area contributed by atoms with E-state index in [1.165, 1.54) is 6.21 Å². The van der Waals surface area contributed by atoms with Gasteiger partial charge in [-0.05, 0) is 42.8 Å². The molecule has 3 N–H and O–H groups in total. The van der Waals surface area contributed by atoms with Crippen LogP contribution in [0.5, 0.6) is 0 Å². The lowest BCUT2D eigenvalue weighted by Gasteiger charge is -2.00. The molecule has 0 radical (unpaired) electrons. The summed E-state index contributed by atoms with van der Waals surface area (Å²) in [4.78, 5) is 12.5. The highest BCUT2D eigenvalue weighted by Gasteiger charge is 2.18. The molecule has 1 aromatic carbocycles. The van der Waals surface area contributed by atoms with Crippen molar-refractivity contribution in [3.8, 4) is 17.4 Å². The number of hydrazone groups is 1. The number of halogens is 2. The van der Waals surface area contributed by atoms with Gasteiger partial charge in [0.1, 0.15) is 27.5 Å². The zero-order valence-corrected chi connectivity index (χ0v) is 16.2. The van der Waals surface area contributed by atoms with Gasteiger partial charge in [0.2, 0.25) is 0 Å². The third-order valence-electron chi connectivity index (χ3n) is 3.67. The Labute approximate surface area is 168 Å². The predicted molar refractivity (Wildman–Crippen MR) is 107 cm³/mol. The second-order valence-corrected chi connectivity index (χ2v) is 7.33. The van der Waals surface area contributed by atoms with Crippen LogP contribution in [-0.2, 0) is 0 Å². The number of rotatable bonds is 4. The van der Waals surface area contributed by atoms with E-state index >= 15 is 0 Å². The first-order valence-electron chi connectivity index (χ1n) is 7.58. The Hall–Kier alpha value is -2.79. The Balaban J connectivity index is 1.72. The molecule has 1 amide bonds. The summed E-state index contributed by atoms with van der Waals surface area (Å²) in [6, 6.07) is 10.5. The van der Waals surface area contributed by atoms with Gasteiger partial charge in [0.25, 0.3) is 5.91 Å². The summed E-state index contributed by atoms with van der Waals surface area (Å²) in [7, 11) is 0. The van der Waals surface area contributed by atoms with Crippen molar-refractivity contribution in [2.75, 3.05) is 5.73 Å². The summed E-state index contributed by atoms with van der Waals surface area (Å²) in [6.45, 7) is 1.67. The van der Waals surface area contributed by atoms with E-state index in [-0.39, 0.29) is 0 Å². The number of furan rings is 1. The fourth-order valence-electron chi connectivity index (χ4n) is 2.35. The SMILES string of the molecule is Cc1c(C(=O)N/N=C/c2ccc(-c3ccc(Cl)cc3Cl)o2)sc(N)c1C#N. The Morgan fingerprint density at radius 2 is 2.15 bits per heavy atom. The highest BCUT2D eigenvalue weighted by molar-refractivity contribution is 7.18. The van der Waals surface area contributed by atoms with Crippen LogP contribution < -0.4 is 11.2 Å². The van der Waals surface area contributed by atoms with Crippen LogP contribution in [0.2, 0.25) is 10.0 Å². The molecule has 27 heavy (non-hydrogen) atoms. The lowest BCUT2D eigenvalue weighted by molar-refractivity contribution is 0.0958. The first kappa shape index (κ1) is 19.0. The molecule has 0 saturated carbocycles. The van der Waals surface area contributed by atoms with Gasteiger partial charge in [-0.25, -0.2) is 5.43 Å². The summed E-state index contributed by atoms with van der Waals surface area (Å²) in [6.07, 6.45) is 1.36. The van der Waals surface area contributed by atoms with Crippen LogP contribution in [-0.4, -0.2) is 12.1 Å². The highest BCUT2D eigenvalue weighted by Crippen LogP contribution is 2.31. The third-order valence-corrected chi connectivity index (χ3v) is 5.34. The molecule has 3 aromatic rings. The molecule has 6 nitrogen and oxygen atoms in total. The first-order valence-corrected chi connectivity index (χ1v) is 9.15. The fraction of sp³-hybridized carbons (Fsp3) is 0.0556. The second-order valence-electron chi connectivity index (χ2n) is 5.43. The zero-order chi connectivity index (χ0) is 19.6. The topological polar surface area (TPSA) is 104 Å². The minimum atomic E-state index is -0.450. The molecule has 0 saturated heterocycles. The number of anilines is 1. The third kappa shape index (κ3) is 3.98. The molecule has 3 rings (SSSR count). The Bertz CT molecular complexity index is 1100. The van der Waals surface area contributed by atoms with E-state index in [2.05, 4.69) is 10.5 Å². The number of carbonyl (C=O) groups is 1. The molecule has 0 spiro atoms. The number of nitrogen functional groups attached to an aromatic ring is 1. The minimum absolute atomic E-state index is 0.305. The molecule has 0 aliphatic rings. The molecule has 0 bridgehead atoms. The number of amides is 1. The van der Waals surface area contributed by atoms with Crippen LogP contribution in [0.25, 0.3) is 11.3 Å². The zero-order valence-electron chi connectivity index (χ0n) is 13.9. The van der Waals surface area contributed by atoms with Gasteiger partial charge in [-0.15, -0.1) is 11.3 Å². The standard InChI is InChI=1S/C18H12Cl2N4O2S/c1-9-13(7-21)17(22)27-16(9)18(25)24-23-8-11-3-5-15(26-11)12-4-2-10(19)6-14(12)20/h2-6,8H,22H2,1H3,(H,24,25)/b23-8+. The molecule has 0 fully saturated rings. The van der Waals surface area contributed by atoms with Gasteiger partial charge in [-0.1, -0.05) is 23.2 Å². The minimum Gasteiger partial charge on any atom is -0.455 e. The number of nitrogens with one attached hydrogen (secondary N) is 1. The van der Waals surface area contributed by atoms with E-state index < -0.39 is 5.91 Å². The van der Waals surface area contributed by atoms with Gasteiger partial charge in [0.05, 0.1) is 16.8 Å². The summed E-state index contributed by atoms with van der Waals surface area (Å²) in [5, 5.41) is 14.2. The number of nitriles is 1.